The second kappa shape index (κ2) is 9.94. The summed E-state index contributed by atoms with van der Waals surface area (Å²) in [6, 6.07) is 9.77. The van der Waals surface area contributed by atoms with E-state index in [2.05, 4.69) is 47.5 Å². The first-order chi connectivity index (χ1) is 14.1. The summed E-state index contributed by atoms with van der Waals surface area (Å²) in [5.41, 5.74) is 1.44. The van der Waals surface area contributed by atoms with Crippen LogP contribution >= 0.6 is 12.2 Å². The molecule has 29 heavy (non-hydrogen) atoms. The standard InChI is InChI=1S/C25H19F2NS/c1-2-18-3-5-19(6-4-18)7-8-20-9-11-21(12-10-20)13-14-22-15-23(26)25(28-17-29)24(27)16-22/h2,9-12,15-16,18-19H,1,3-6H2. The molecule has 1 saturated carbocycles. The van der Waals surface area contributed by atoms with E-state index in [1.54, 1.807) is 0 Å². The highest BCUT2D eigenvalue weighted by molar-refractivity contribution is 7.78. The Morgan fingerprint density at radius 2 is 1.45 bits per heavy atom. The van der Waals surface area contributed by atoms with Crippen molar-refractivity contribution in [2.75, 3.05) is 0 Å². The highest BCUT2D eigenvalue weighted by atomic mass is 32.1. The average Bonchev–Trinajstić information content (AvgIpc) is 2.74. The summed E-state index contributed by atoms with van der Waals surface area (Å²) in [5.74, 6) is 11.7. The lowest BCUT2D eigenvalue weighted by Gasteiger charge is -2.22. The van der Waals surface area contributed by atoms with E-state index in [0.29, 0.717) is 11.8 Å². The van der Waals surface area contributed by atoms with Crippen LogP contribution in [0.1, 0.15) is 42.4 Å². The van der Waals surface area contributed by atoms with Crippen LogP contribution in [-0.2, 0) is 0 Å². The van der Waals surface area contributed by atoms with Crippen LogP contribution in [0.25, 0.3) is 0 Å². The predicted octanol–water partition coefficient (Wildman–Crippen LogP) is 6.44. The van der Waals surface area contributed by atoms with Crippen molar-refractivity contribution in [1.29, 1.82) is 0 Å². The minimum Gasteiger partial charge on any atom is -0.204 e. The van der Waals surface area contributed by atoms with Gasteiger partial charge in [-0.05, 0) is 80.2 Å². The van der Waals surface area contributed by atoms with Crippen molar-refractivity contribution in [3.8, 4) is 23.7 Å². The van der Waals surface area contributed by atoms with E-state index in [1.165, 1.54) is 0 Å². The quantitative estimate of drug-likeness (QED) is 0.243. The topological polar surface area (TPSA) is 12.4 Å². The molecule has 1 aliphatic rings. The Labute approximate surface area is 175 Å². The fourth-order valence-corrected chi connectivity index (χ4v) is 3.35. The Hall–Kier alpha value is -3.04. The van der Waals surface area contributed by atoms with Gasteiger partial charge in [-0.2, -0.15) is 4.99 Å². The van der Waals surface area contributed by atoms with Crippen LogP contribution in [0.5, 0.6) is 0 Å². The molecule has 1 aliphatic carbocycles. The van der Waals surface area contributed by atoms with Crippen LogP contribution in [0, 0.1) is 47.2 Å². The van der Waals surface area contributed by atoms with Crippen molar-refractivity contribution >= 4 is 23.1 Å². The summed E-state index contributed by atoms with van der Waals surface area (Å²) in [4.78, 5) is 3.38. The Morgan fingerprint density at radius 1 is 0.897 bits per heavy atom. The molecular weight excluding hydrogens is 384 g/mol. The molecule has 0 amide bonds. The molecular formula is C25H19F2NS. The highest BCUT2D eigenvalue weighted by Crippen LogP contribution is 2.28. The lowest BCUT2D eigenvalue weighted by Crippen LogP contribution is -2.11. The van der Waals surface area contributed by atoms with Crippen molar-refractivity contribution in [1.82, 2.24) is 0 Å². The first-order valence-corrected chi connectivity index (χ1v) is 9.83. The van der Waals surface area contributed by atoms with E-state index in [1.807, 2.05) is 35.5 Å². The number of halogens is 2. The van der Waals surface area contributed by atoms with E-state index < -0.39 is 17.3 Å². The minimum absolute atomic E-state index is 0.224. The zero-order chi connectivity index (χ0) is 20.6. The third-order valence-corrected chi connectivity index (χ3v) is 5.03. The maximum absolute atomic E-state index is 13.8. The Kier molecular flexibility index (Phi) is 7.09. The van der Waals surface area contributed by atoms with Gasteiger partial charge in [0.15, 0.2) is 11.6 Å². The summed E-state index contributed by atoms with van der Waals surface area (Å²) < 4.78 is 27.7. The van der Waals surface area contributed by atoms with Gasteiger partial charge in [-0.25, -0.2) is 8.78 Å². The molecule has 1 nitrogen and oxygen atoms in total. The Morgan fingerprint density at radius 3 is 2.00 bits per heavy atom. The molecule has 0 aliphatic heterocycles. The van der Waals surface area contributed by atoms with Crippen molar-refractivity contribution in [3.63, 3.8) is 0 Å². The van der Waals surface area contributed by atoms with Crippen LogP contribution < -0.4 is 0 Å². The zero-order valence-electron chi connectivity index (χ0n) is 15.8. The smallest absolute Gasteiger partial charge is 0.153 e. The summed E-state index contributed by atoms with van der Waals surface area (Å²) in [6.07, 6.45) is 6.62. The molecule has 2 aromatic rings. The van der Waals surface area contributed by atoms with Crippen LogP contribution in [0.2, 0.25) is 0 Å². The minimum atomic E-state index is -0.820. The van der Waals surface area contributed by atoms with Gasteiger partial charge < -0.3 is 0 Å². The van der Waals surface area contributed by atoms with E-state index >= 15 is 0 Å². The van der Waals surface area contributed by atoms with Crippen molar-refractivity contribution < 1.29 is 8.78 Å². The van der Waals surface area contributed by atoms with Gasteiger partial charge in [0.1, 0.15) is 5.69 Å². The number of thiocarbonyl (C=S) groups is 1. The molecule has 1 fully saturated rings. The van der Waals surface area contributed by atoms with Crippen molar-refractivity contribution in [2.45, 2.75) is 25.7 Å². The van der Waals surface area contributed by atoms with Crippen LogP contribution in [0.15, 0.2) is 54.0 Å². The number of aliphatic imine (C=N–C) groups is 1. The monoisotopic (exact) mass is 403 g/mol. The molecule has 0 atom stereocenters. The summed E-state index contributed by atoms with van der Waals surface area (Å²) in [7, 11) is 0. The van der Waals surface area contributed by atoms with Crippen molar-refractivity contribution in [3.05, 3.63) is 77.4 Å². The maximum Gasteiger partial charge on any atom is 0.153 e. The van der Waals surface area contributed by atoms with Gasteiger partial charge in [0.25, 0.3) is 0 Å². The average molecular weight is 403 g/mol. The first kappa shape index (κ1) is 20.7. The maximum atomic E-state index is 13.8. The molecule has 144 valence electrons. The number of isothiocyanates is 1. The fourth-order valence-electron chi connectivity index (χ4n) is 3.26. The lowest BCUT2D eigenvalue weighted by atomic mass is 9.82. The number of hydrogen-bond donors (Lipinski definition) is 0. The molecule has 3 rings (SSSR count). The van der Waals surface area contributed by atoms with E-state index in [9.17, 15) is 8.78 Å². The SMILES string of the molecule is C=CC1CCC(C#Cc2ccc(C#Cc3cc(F)c(N=C=S)c(F)c3)cc2)CC1. The fraction of sp³-hybridized carbons (Fsp3) is 0.240. The first-order valence-electron chi connectivity index (χ1n) is 9.42. The van der Waals surface area contributed by atoms with Crippen LogP contribution in [-0.4, -0.2) is 5.16 Å². The number of benzene rings is 2. The van der Waals surface area contributed by atoms with Crippen LogP contribution in [0.3, 0.4) is 0 Å². The van der Waals surface area contributed by atoms with Gasteiger partial charge >= 0.3 is 0 Å². The second-order valence-electron chi connectivity index (χ2n) is 6.94. The Balaban J connectivity index is 1.67. The number of allylic oxidation sites excluding steroid dienone is 1. The summed E-state index contributed by atoms with van der Waals surface area (Å²) >= 11 is 4.39. The highest BCUT2D eigenvalue weighted by Gasteiger charge is 2.17. The molecule has 0 N–H and O–H groups in total. The number of rotatable bonds is 2. The molecule has 2 aromatic carbocycles. The third-order valence-electron chi connectivity index (χ3n) is 4.94. The normalized spacial score (nSPS) is 17.7. The number of hydrogen-bond acceptors (Lipinski definition) is 2. The van der Waals surface area contributed by atoms with Gasteiger partial charge in [-0.3, -0.25) is 0 Å². The molecule has 0 bridgehead atoms. The molecule has 0 unspecified atom stereocenters. The molecule has 0 aromatic heterocycles. The molecule has 0 saturated heterocycles. The van der Waals surface area contributed by atoms with Crippen LogP contribution in [0.4, 0.5) is 14.5 Å². The van der Waals surface area contributed by atoms with Gasteiger partial charge in [0, 0.05) is 22.6 Å². The van der Waals surface area contributed by atoms with Gasteiger partial charge in [-0.15, -0.1) is 6.58 Å². The van der Waals surface area contributed by atoms with E-state index in [0.717, 1.165) is 48.9 Å². The zero-order valence-corrected chi connectivity index (χ0v) is 16.7. The van der Waals surface area contributed by atoms with Gasteiger partial charge in [0.05, 0.1) is 5.16 Å². The van der Waals surface area contributed by atoms with Gasteiger partial charge in [0.2, 0.25) is 0 Å². The number of nitrogens with zero attached hydrogens (tertiary/aromatic N) is 1. The summed E-state index contributed by atoms with van der Waals surface area (Å²) in [6.45, 7) is 3.87. The third kappa shape index (κ3) is 5.72. The van der Waals surface area contributed by atoms with E-state index in [-0.39, 0.29) is 5.56 Å². The molecule has 0 spiro atoms. The summed E-state index contributed by atoms with van der Waals surface area (Å²) in [5, 5.41) is 1.96. The Bertz CT molecular complexity index is 1040. The van der Waals surface area contributed by atoms with Gasteiger partial charge in [-0.1, -0.05) is 29.8 Å². The second-order valence-corrected chi connectivity index (χ2v) is 7.12. The largest absolute Gasteiger partial charge is 0.204 e. The van der Waals surface area contributed by atoms with E-state index in [4.69, 9.17) is 0 Å². The van der Waals surface area contributed by atoms with Crippen molar-refractivity contribution in [2.24, 2.45) is 16.8 Å². The molecule has 0 heterocycles. The lowest BCUT2D eigenvalue weighted by molar-refractivity contribution is 0.365. The molecule has 4 heteroatoms. The molecule has 0 radical (unpaired) electrons. The predicted molar refractivity (Wildman–Crippen MR) is 116 cm³/mol.